The van der Waals surface area contributed by atoms with E-state index >= 15 is 14.4 Å². The molecule has 9 aromatic rings. The molecule has 5 aromatic heterocycles. The highest BCUT2D eigenvalue weighted by Gasteiger charge is 2.61. The molecule has 0 spiro atoms. The number of rotatable bonds is 46. The van der Waals surface area contributed by atoms with Gasteiger partial charge in [-0.1, -0.05) is 362 Å². The van der Waals surface area contributed by atoms with Gasteiger partial charge in [0.1, 0.15) is 0 Å². The van der Waals surface area contributed by atoms with Crippen molar-refractivity contribution in [3.05, 3.63) is 212 Å². The Morgan fingerprint density at radius 3 is 1.29 bits per heavy atom. The van der Waals surface area contributed by atoms with Crippen LogP contribution in [0.15, 0.2) is 109 Å². The molecule has 11 heteroatoms. The highest BCUT2D eigenvalue weighted by Crippen LogP contribution is 2.75. The zero-order valence-corrected chi connectivity index (χ0v) is 81.4. The lowest BCUT2D eigenvalue weighted by molar-refractivity contribution is 0.0622. The van der Waals surface area contributed by atoms with Crippen LogP contribution in [0.25, 0.3) is 33.8 Å². The molecule has 644 valence electrons. The molecule has 0 radical (unpaired) electrons. The first-order valence-electron chi connectivity index (χ1n) is 48.3. The number of allylic oxidation sites excluding steroid dienone is 1. The van der Waals surface area contributed by atoms with Crippen molar-refractivity contribution in [2.24, 2.45) is 41.4 Å². The van der Waals surface area contributed by atoms with E-state index in [0.717, 1.165) is 116 Å². The Hall–Kier alpha value is -5.66. The molecule has 8 heterocycles. The van der Waals surface area contributed by atoms with E-state index in [2.05, 4.69) is 278 Å². The van der Waals surface area contributed by atoms with Gasteiger partial charge in [-0.05, 0) is 154 Å². The van der Waals surface area contributed by atoms with Crippen molar-refractivity contribution in [3.8, 4) is 19.5 Å². The molecule has 3 aliphatic heterocycles. The second kappa shape index (κ2) is 39.9. The zero-order valence-electron chi connectivity index (χ0n) is 76.5. The van der Waals surface area contributed by atoms with Gasteiger partial charge in [-0.2, -0.15) is 0 Å². The fourth-order valence-corrected chi connectivity index (χ4v) is 30.9. The van der Waals surface area contributed by atoms with Gasteiger partial charge < -0.3 is 4.90 Å². The largest absolute Gasteiger partial charge is 0.334 e. The van der Waals surface area contributed by atoms with E-state index in [4.69, 9.17) is 0 Å². The number of thiophene rings is 5. The quantitative estimate of drug-likeness (QED) is 0.0357. The number of thioether (sulfide) groups is 1. The van der Waals surface area contributed by atoms with Crippen LogP contribution in [-0.4, -0.2) is 40.6 Å². The maximum Gasteiger partial charge on any atom is 0.263 e. The summed E-state index contributed by atoms with van der Waals surface area (Å²) >= 11 is 11.8. The number of nitrogens with zero attached hydrogens (tertiary/aromatic N) is 2. The van der Waals surface area contributed by atoms with Crippen molar-refractivity contribution < 1.29 is 14.4 Å². The molecule has 14 rings (SSSR count). The van der Waals surface area contributed by atoms with Crippen LogP contribution < -0.4 is 0 Å². The summed E-state index contributed by atoms with van der Waals surface area (Å²) in [5.41, 5.74) is 17.4. The number of carbonyl (C=O) groups excluding carboxylic acids is 3. The number of imide groups is 1. The number of hydrogen-bond donors (Lipinski definition) is 0. The number of hydrogen-bond acceptors (Lipinski definition) is 9. The predicted molar refractivity (Wildman–Crippen MR) is 524 cm³/mol. The van der Waals surface area contributed by atoms with E-state index in [1.807, 2.05) is 0 Å². The normalized spacial score (nSPS) is 19.8. The number of benzene rings is 4. The van der Waals surface area contributed by atoms with Crippen LogP contribution in [0.3, 0.4) is 0 Å². The highest BCUT2D eigenvalue weighted by molar-refractivity contribution is 8.09. The first kappa shape index (κ1) is 90.6. The van der Waals surface area contributed by atoms with Crippen LogP contribution >= 0.6 is 68.4 Å². The molecule has 9 atom stereocenters. The van der Waals surface area contributed by atoms with Gasteiger partial charge in [0.05, 0.1) is 56.8 Å². The molecular formula is C109H144N2O3S6. The van der Waals surface area contributed by atoms with E-state index in [1.165, 1.54) is 203 Å². The summed E-state index contributed by atoms with van der Waals surface area (Å²) in [6.07, 6.45) is 37.1. The van der Waals surface area contributed by atoms with E-state index in [-0.39, 0.29) is 46.1 Å². The third kappa shape index (κ3) is 17.1. The Kier molecular flexibility index (Phi) is 30.1. The molecule has 4 aromatic carbocycles. The van der Waals surface area contributed by atoms with Crippen LogP contribution in [0.5, 0.6) is 0 Å². The topological polar surface area (TPSA) is 57.7 Å². The predicted octanol–water partition coefficient (Wildman–Crippen LogP) is 33.2. The lowest BCUT2D eigenvalue weighted by Gasteiger charge is -2.37. The van der Waals surface area contributed by atoms with E-state index in [1.54, 1.807) is 27.6 Å². The minimum absolute atomic E-state index is 0.00628. The Morgan fingerprint density at radius 1 is 0.425 bits per heavy atom. The molecule has 0 bridgehead atoms. The molecule has 0 saturated heterocycles. The molecule has 9 unspecified atom stereocenters. The third-order valence-corrected chi connectivity index (χ3v) is 38.7. The Morgan fingerprint density at radius 2 is 0.850 bits per heavy atom. The molecule has 120 heavy (non-hydrogen) atoms. The van der Waals surface area contributed by atoms with Crippen molar-refractivity contribution in [1.29, 1.82) is 0 Å². The Bertz CT molecular complexity index is 4890. The maximum absolute atomic E-state index is 16.2. The monoisotopic (exact) mass is 1720 g/mol. The molecule has 0 fully saturated rings. The summed E-state index contributed by atoms with van der Waals surface area (Å²) in [6, 6.07) is 43.8. The maximum atomic E-state index is 16.2. The SMILES string of the molecule is CCCCC(CC)Cc1ccc(C2(c3ccc(CC(CC)CCCC)cc3)c3cc(C(C)(C)CC)sc3-c3sc4c5c(sc4c32)C2SC(c3sc(-c4sc(C(C)CC)c6c4C(=O)N(CC(CC)CCCC)C6=O)c4c3CN(CC(CC)CCCC)C4=O)=CC2C5(c2ccc(CC(CC)CCCC)cc2)c2ccc(CC(CC)CCCC)cc2)cc1. The summed E-state index contributed by atoms with van der Waals surface area (Å²) in [5, 5.41) is 0.0355. The van der Waals surface area contributed by atoms with Gasteiger partial charge in [-0.25, -0.2) is 0 Å². The minimum atomic E-state index is -0.635. The van der Waals surface area contributed by atoms with Gasteiger partial charge in [0.15, 0.2) is 0 Å². The lowest BCUT2D eigenvalue weighted by atomic mass is 9.64. The summed E-state index contributed by atoms with van der Waals surface area (Å²) in [4.78, 5) is 62.1. The van der Waals surface area contributed by atoms with Crippen molar-refractivity contribution in [3.63, 3.8) is 0 Å². The average molecular weight is 1720 g/mol. The van der Waals surface area contributed by atoms with Gasteiger partial charge in [-0.3, -0.25) is 19.3 Å². The van der Waals surface area contributed by atoms with Crippen LogP contribution in [0.2, 0.25) is 0 Å². The Labute approximate surface area is 749 Å². The molecular weight excluding hydrogens is 1580 g/mol. The first-order valence-corrected chi connectivity index (χ1v) is 53.2. The van der Waals surface area contributed by atoms with E-state index in [9.17, 15) is 0 Å². The number of unbranched alkanes of at least 4 members (excludes halogenated alkanes) is 6. The fraction of sp³-hybridized carbons (Fsp3) is 0.569. The van der Waals surface area contributed by atoms with Gasteiger partial charge >= 0.3 is 0 Å². The smallest absolute Gasteiger partial charge is 0.263 e. The number of carbonyl (C=O) groups is 3. The first-order chi connectivity index (χ1) is 58.2. The minimum Gasteiger partial charge on any atom is -0.334 e. The van der Waals surface area contributed by atoms with Crippen molar-refractivity contribution >= 4 is 100 Å². The number of fused-ring (bicyclic) bond motifs is 11. The Balaban J connectivity index is 1.04. The summed E-state index contributed by atoms with van der Waals surface area (Å²) < 4.78 is 2.90. The van der Waals surface area contributed by atoms with Gasteiger partial charge in [0.25, 0.3) is 17.7 Å². The van der Waals surface area contributed by atoms with Gasteiger partial charge in [0, 0.05) is 71.5 Å². The standard InChI is InChI=1S/C109H144N2O3S6/c1-18-32-38-70(25-8)60-76-44-52-80(53-45-76)108(81-54-46-77(47-55-81)61-71(26-9)39-33-19-2)85-64-87(95-84-68-110(66-74(29-12)42-36-22-5)104(112)89(84)98(118-95)99-91-90(94(117-99)69(15)24-7)105(113)111(106(91)114)67-75(30-13)43-37-23-6)115-96(85)100-92(108)102-103(119-100)93-101(120-102)97-86(65-88(116-97)107(16,17)31-14)109(93,82-56-48-78(49-57-82)62-72(27-10)40-34-20-3)83-58-50-79(51-59-83)63-73(28-11)41-35-21-4/h44-59,64-65,69-75,85,96H,18-43,60-63,66-68H2,1-17H3. The van der Waals surface area contributed by atoms with E-state index in [0.29, 0.717) is 60.4 Å². The second-order valence-corrected chi connectivity index (χ2v) is 44.4. The molecule has 2 aliphatic carbocycles. The zero-order chi connectivity index (χ0) is 84.9. The van der Waals surface area contributed by atoms with E-state index < -0.39 is 10.8 Å². The van der Waals surface area contributed by atoms with Crippen molar-refractivity contribution in [1.82, 2.24) is 9.80 Å². The van der Waals surface area contributed by atoms with Crippen molar-refractivity contribution in [2.75, 3.05) is 13.1 Å². The van der Waals surface area contributed by atoms with Crippen molar-refractivity contribution in [2.45, 2.75) is 344 Å². The molecule has 5 nitrogen and oxygen atoms in total. The number of amides is 3. The summed E-state index contributed by atoms with van der Waals surface area (Å²) in [5.74, 6) is 2.99. The third-order valence-electron chi connectivity index (χ3n) is 30.0. The lowest BCUT2D eigenvalue weighted by Crippen LogP contribution is -2.35. The molecule has 0 N–H and O–H groups in total. The van der Waals surface area contributed by atoms with Crippen LogP contribution in [0.4, 0.5) is 0 Å². The highest BCUT2D eigenvalue weighted by atomic mass is 32.2. The summed E-state index contributed by atoms with van der Waals surface area (Å²) in [6.45, 7) is 41.4. The van der Waals surface area contributed by atoms with Crippen LogP contribution in [0.1, 0.15) is 413 Å². The molecule has 3 amide bonds. The van der Waals surface area contributed by atoms with Crippen LogP contribution in [-0.2, 0) is 48.5 Å². The molecule has 0 saturated carbocycles. The molecule has 5 aliphatic rings. The fourth-order valence-electron chi connectivity index (χ4n) is 21.4. The van der Waals surface area contributed by atoms with Crippen LogP contribution in [0, 0.1) is 41.4 Å². The average Bonchev–Trinajstić information content (AvgIpc) is 1.48. The second-order valence-electron chi connectivity index (χ2n) is 38.0. The summed E-state index contributed by atoms with van der Waals surface area (Å²) in [7, 11) is 0. The van der Waals surface area contributed by atoms with Gasteiger partial charge in [0.2, 0.25) is 0 Å². The van der Waals surface area contributed by atoms with Gasteiger partial charge in [-0.15, -0.1) is 68.4 Å².